The zero-order chi connectivity index (χ0) is 68.5. The van der Waals surface area contributed by atoms with Crippen molar-refractivity contribution in [3.05, 3.63) is 50.1 Å². The van der Waals surface area contributed by atoms with Crippen molar-refractivity contribution >= 4 is 25.2 Å². The van der Waals surface area contributed by atoms with E-state index in [2.05, 4.69) is 64.9 Å². The van der Waals surface area contributed by atoms with Gasteiger partial charge in [0.2, 0.25) is 13.3 Å². The molecule has 2 aliphatic heterocycles. The van der Waals surface area contributed by atoms with E-state index in [1.54, 1.807) is 26.4 Å². The first-order valence-corrected chi connectivity index (χ1v) is 39.7. The van der Waals surface area contributed by atoms with Gasteiger partial charge in [0.05, 0.1) is 25.7 Å². The Labute approximate surface area is 572 Å². The molecule has 548 valence electrons. The molecule has 2 rings (SSSR count). The number of ketones is 1. The lowest BCUT2D eigenvalue weighted by Crippen LogP contribution is -2.66. The average Bonchev–Trinajstić information content (AvgIpc) is 0.789. The molecule has 18 heteroatoms. The molecule has 0 unspecified atom stereocenters. The monoisotopic (exact) mass is 1350 g/mol. The zero-order valence-electron chi connectivity index (χ0n) is 60.3. The van der Waals surface area contributed by atoms with Crippen LogP contribution >= 0.6 is 7.37 Å². The Morgan fingerprint density at radius 1 is 0.521 bits per heavy atom. The van der Waals surface area contributed by atoms with E-state index in [1.807, 2.05) is 0 Å². The Bertz CT molecular complexity index is 1950. The van der Waals surface area contributed by atoms with Crippen molar-refractivity contribution in [2.24, 2.45) is 0 Å². The molecule has 94 heavy (non-hydrogen) atoms. The van der Waals surface area contributed by atoms with Gasteiger partial charge in [-0.15, -0.1) is 13.2 Å². The van der Waals surface area contributed by atoms with Crippen molar-refractivity contribution in [1.82, 2.24) is 5.32 Å². The first kappa shape index (κ1) is 87.3. The lowest BCUT2D eigenvalue weighted by molar-refractivity contribution is -0.328. The predicted octanol–water partition coefficient (Wildman–Crippen LogP) is 18.3. The first-order chi connectivity index (χ1) is 45.9. The molecule has 0 aromatic carbocycles. The van der Waals surface area contributed by atoms with E-state index in [1.165, 1.54) is 122 Å². The largest absolute Gasteiger partial charge is 0.509 e. The third kappa shape index (κ3) is 40.9. The van der Waals surface area contributed by atoms with Crippen LogP contribution in [0.4, 0.5) is 4.79 Å². The third-order valence-corrected chi connectivity index (χ3v) is 20.2. The number of carbonyl (C=O) groups excluding carboxylic acids is 3. The second-order valence-electron chi connectivity index (χ2n) is 26.3. The summed E-state index contributed by atoms with van der Waals surface area (Å²) in [6.45, 7) is 20.6. The molecule has 2 heterocycles. The number of aliphatic hydroxyl groups excluding tert-OH is 1. The number of unbranched alkanes of at least 4 members (excludes halogenated alkanes) is 31. The van der Waals surface area contributed by atoms with Gasteiger partial charge in [0.15, 0.2) is 18.7 Å². The fourth-order valence-electron chi connectivity index (χ4n) is 12.4. The van der Waals surface area contributed by atoms with Crippen LogP contribution in [-0.2, 0) is 66.0 Å². The summed E-state index contributed by atoms with van der Waals surface area (Å²) in [6.07, 6.45) is 39.1. The number of methoxy groups -OCH3 is 2. The summed E-state index contributed by atoms with van der Waals surface area (Å²) in [5.74, 6) is -0.828. The van der Waals surface area contributed by atoms with Gasteiger partial charge in [0.25, 0.3) is 0 Å². The van der Waals surface area contributed by atoms with E-state index in [-0.39, 0.29) is 63.7 Å². The Balaban J connectivity index is 2.57. The van der Waals surface area contributed by atoms with Crippen LogP contribution in [0, 0.1) is 0 Å². The quantitative estimate of drug-likeness (QED) is 0.0191. The van der Waals surface area contributed by atoms with Gasteiger partial charge in [-0.2, -0.15) is 0 Å². The van der Waals surface area contributed by atoms with Gasteiger partial charge < -0.3 is 62.3 Å². The number of ether oxygens (including phenoxy) is 10. The van der Waals surface area contributed by atoms with Crippen molar-refractivity contribution in [2.45, 2.75) is 352 Å². The van der Waals surface area contributed by atoms with Gasteiger partial charge in [0, 0.05) is 52.8 Å². The molecule has 0 aromatic rings. The number of hydrogen-bond donors (Lipinski definition) is 2. The van der Waals surface area contributed by atoms with Crippen LogP contribution in [-0.4, -0.2) is 157 Å². The second-order valence-corrected chi connectivity index (χ2v) is 28.9. The summed E-state index contributed by atoms with van der Waals surface area (Å²) < 4.78 is 85.4. The zero-order valence-corrected chi connectivity index (χ0v) is 61.2. The number of hydrogen-bond acceptors (Lipinski definition) is 16. The molecule has 2 aliphatic rings. The number of rotatable bonds is 65. The van der Waals surface area contributed by atoms with E-state index in [0.29, 0.717) is 25.9 Å². The number of amides is 1. The molecule has 0 aliphatic carbocycles. The standard InChI is InChI=1S/C76H138NO16P/c1-10-17-21-25-28-31-32-33-34-35-36-37-39-42-46-50-56-86-73-72(87-57-53-64(84-9)52-48-43-24-20-13-4)70(93-94(82,58-15-6)59-16-7)65(61-83-8)91-75(73)89-62-66-69(92-76(81)88-54-14-5)71(85-55-49-45-41-30-27-23-19-12-3)68(74(80)90-66)77-67(79)60-63(78)51-47-44-40-38-29-26-22-18-11-2/h14-16,31-32,64-66,68-75,80H,5-7,10-13,17-30,33-62H2,1-4,8-9H3,(H,77,79)/b32-31-/t64-,65-,66-,68-,69-,70-,71-,72+,73-,74+,75+/m1/s1. The number of nitrogens with one attached hydrogen (secondary N) is 1. The highest BCUT2D eigenvalue weighted by molar-refractivity contribution is 7.59. The van der Waals surface area contributed by atoms with Crippen LogP contribution in [0.2, 0.25) is 0 Å². The molecule has 0 bridgehead atoms. The number of carbonyl (C=O) groups is 3. The molecule has 1 amide bonds. The molecular formula is C76H138NO16P. The van der Waals surface area contributed by atoms with Gasteiger partial charge in [-0.25, -0.2) is 4.79 Å². The van der Waals surface area contributed by atoms with E-state index < -0.39 is 87.2 Å². The summed E-state index contributed by atoms with van der Waals surface area (Å²) in [6, 6.07) is -1.27. The van der Waals surface area contributed by atoms with Gasteiger partial charge in [-0.1, -0.05) is 251 Å². The summed E-state index contributed by atoms with van der Waals surface area (Å²) in [4.78, 5) is 40.8. The van der Waals surface area contributed by atoms with Gasteiger partial charge in [-0.05, 0) is 57.8 Å². The molecule has 0 spiro atoms. The van der Waals surface area contributed by atoms with Gasteiger partial charge in [0.1, 0.15) is 55.1 Å². The molecule has 2 N–H and O–H groups in total. The lowest BCUT2D eigenvalue weighted by atomic mass is 9.95. The van der Waals surface area contributed by atoms with Crippen molar-refractivity contribution < 1.29 is 75.9 Å². The Morgan fingerprint density at radius 3 is 1.52 bits per heavy atom. The first-order valence-electron chi connectivity index (χ1n) is 37.7. The molecule has 0 saturated carbocycles. The molecule has 11 atom stereocenters. The van der Waals surface area contributed by atoms with Crippen LogP contribution in [0.15, 0.2) is 50.1 Å². The van der Waals surface area contributed by atoms with E-state index in [4.69, 9.17) is 51.9 Å². The number of allylic oxidation sites excluding steroid dienone is 4. The maximum Gasteiger partial charge on any atom is 0.509 e. The number of aliphatic hydroxyl groups is 1. The maximum atomic E-state index is 14.8. The molecular weight excluding hydrogens is 1210 g/mol. The molecule has 0 aromatic heterocycles. The highest BCUT2D eigenvalue weighted by atomic mass is 31.2. The average molecular weight is 1350 g/mol. The van der Waals surface area contributed by atoms with E-state index in [0.717, 1.165) is 109 Å². The van der Waals surface area contributed by atoms with Crippen molar-refractivity contribution in [1.29, 1.82) is 0 Å². The highest BCUT2D eigenvalue weighted by Gasteiger charge is 2.53. The minimum Gasteiger partial charge on any atom is -0.430 e. The van der Waals surface area contributed by atoms with Crippen molar-refractivity contribution in [3.8, 4) is 0 Å². The topological polar surface area (TPSA) is 202 Å². The Morgan fingerprint density at radius 2 is 1.00 bits per heavy atom. The third-order valence-electron chi connectivity index (χ3n) is 17.9. The Kier molecular flexibility index (Phi) is 54.9. The summed E-state index contributed by atoms with van der Waals surface area (Å²) in [7, 11) is -0.206. The van der Waals surface area contributed by atoms with Crippen molar-refractivity contribution in [3.63, 3.8) is 0 Å². The SMILES string of the molecule is C=CCOC(=O)O[C@H]1[C@H](OCCCCCCCCCC)[C@@H](NC(=O)CC(=O)CCCCCCCCCCC)[C@@H](O)O[C@@H]1CO[C@H]1O[C@H](COC)[C@@H](OP(=O)(CC=C)CC=C)[C@H](OCC[C@@H](CCCCCCC)OC)[C@H]1OCCCCCCCCCC/C=C\CCCCCC. The molecule has 2 saturated heterocycles. The summed E-state index contributed by atoms with van der Waals surface area (Å²) >= 11 is 0. The maximum absolute atomic E-state index is 14.8. The fourth-order valence-corrected chi connectivity index (χ4v) is 14.3. The fraction of sp³-hybridized carbons (Fsp3) is 0.855. The second kappa shape index (κ2) is 59.1. The normalized spacial score (nSPS) is 21.9. The van der Waals surface area contributed by atoms with Gasteiger partial charge in [-0.3, -0.25) is 14.2 Å². The predicted molar refractivity (Wildman–Crippen MR) is 380 cm³/mol. The van der Waals surface area contributed by atoms with Crippen LogP contribution < -0.4 is 5.32 Å². The minimum absolute atomic E-state index is 0.00911. The summed E-state index contributed by atoms with van der Waals surface area (Å²) in [5, 5.41) is 14.9. The Hall–Kier alpha value is -2.80. The smallest absolute Gasteiger partial charge is 0.430 e. The van der Waals surface area contributed by atoms with Crippen LogP contribution in [0.5, 0.6) is 0 Å². The molecule has 2 fully saturated rings. The molecule has 17 nitrogen and oxygen atoms in total. The lowest BCUT2D eigenvalue weighted by Gasteiger charge is -2.47. The number of Topliss-reactive ketones (excluding diaryl/α,β-unsaturated/α-hetero) is 1. The van der Waals surface area contributed by atoms with E-state index in [9.17, 15) is 24.1 Å². The van der Waals surface area contributed by atoms with E-state index >= 15 is 0 Å². The minimum atomic E-state index is -3.47. The highest BCUT2D eigenvalue weighted by Crippen LogP contribution is 2.51. The van der Waals surface area contributed by atoms with Crippen molar-refractivity contribution in [2.75, 3.05) is 66.2 Å². The summed E-state index contributed by atoms with van der Waals surface area (Å²) in [5.41, 5.74) is 0. The van der Waals surface area contributed by atoms with Crippen LogP contribution in [0.3, 0.4) is 0 Å². The van der Waals surface area contributed by atoms with Crippen LogP contribution in [0.1, 0.15) is 285 Å². The van der Waals surface area contributed by atoms with Gasteiger partial charge >= 0.3 is 6.16 Å². The van der Waals surface area contributed by atoms with Crippen LogP contribution in [0.25, 0.3) is 0 Å². The molecule has 0 radical (unpaired) electrons.